The molecule has 1 fully saturated rings. The first-order valence-electron chi connectivity index (χ1n) is 6.91. The molecule has 5 heteroatoms. The largest absolute Gasteiger partial charge is 0.490 e. The standard InChI is InChI=1S/C15H18N2O3/c1-17-15(9-16)6-2-3-12(8-15)20-11-4-5-13-14(7-11)19-10-18-13/h4-5,7,12,17H,2-3,6,8,10H2,1H3. The number of nitrogens with zero attached hydrogens (tertiary/aromatic N) is 1. The Bertz CT molecular complexity index is 540. The van der Waals surface area contributed by atoms with E-state index in [4.69, 9.17) is 14.2 Å². The lowest BCUT2D eigenvalue weighted by Crippen LogP contribution is -2.48. The summed E-state index contributed by atoms with van der Waals surface area (Å²) in [7, 11) is 1.84. The van der Waals surface area contributed by atoms with E-state index < -0.39 is 5.54 Å². The van der Waals surface area contributed by atoms with Crippen LogP contribution in [0.3, 0.4) is 0 Å². The molecule has 1 aromatic carbocycles. The molecule has 0 spiro atoms. The number of nitrogens with one attached hydrogen (secondary N) is 1. The number of fused-ring (bicyclic) bond motifs is 1. The van der Waals surface area contributed by atoms with Crippen LogP contribution in [-0.4, -0.2) is 25.5 Å². The van der Waals surface area contributed by atoms with Gasteiger partial charge in [0.15, 0.2) is 11.5 Å². The van der Waals surface area contributed by atoms with Gasteiger partial charge in [0.2, 0.25) is 6.79 Å². The van der Waals surface area contributed by atoms with E-state index in [0.717, 1.165) is 36.5 Å². The molecule has 3 rings (SSSR count). The van der Waals surface area contributed by atoms with Crippen molar-refractivity contribution in [3.8, 4) is 23.3 Å². The fourth-order valence-corrected chi connectivity index (χ4v) is 2.85. The average molecular weight is 274 g/mol. The number of rotatable bonds is 3. The highest BCUT2D eigenvalue weighted by molar-refractivity contribution is 5.46. The van der Waals surface area contributed by atoms with Crippen LogP contribution in [-0.2, 0) is 0 Å². The zero-order valence-corrected chi connectivity index (χ0v) is 11.5. The molecule has 106 valence electrons. The van der Waals surface area contributed by atoms with Crippen LogP contribution in [0.15, 0.2) is 18.2 Å². The van der Waals surface area contributed by atoms with E-state index in [-0.39, 0.29) is 12.9 Å². The second kappa shape index (κ2) is 5.22. The molecule has 5 nitrogen and oxygen atoms in total. The molecule has 0 radical (unpaired) electrons. The highest BCUT2D eigenvalue weighted by Crippen LogP contribution is 2.37. The quantitative estimate of drug-likeness (QED) is 0.915. The Balaban J connectivity index is 1.70. The number of ether oxygens (including phenoxy) is 3. The van der Waals surface area contributed by atoms with Gasteiger partial charge in [0, 0.05) is 12.5 Å². The Labute approximate surface area is 118 Å². The van der Waals surface area contributed by atoms with E-state index in [9.17, 15) is 5.26 Å². The molecule has 1 saturated carbocycles. The van der Waals surface area contributed by atoms with Crippen LogP contribution in [0.2, 0.25) is 0 Å². The van der Waals surface area contributed by atoms with Crippen LogP contribution in [0, 0.1) is 11.3 Å². The van der Waals surface area contributed by atoms with Crippen LogP contribution in [0.5, 0.6) is 17.2 Å². The van der Waals surface area contributed by atoms with Gasteiger partial charge in [-0.2, -0.15) is 5.26 Å². The third-order valence-electron chi connectivity index (χ3n) is 4.05. The topological polar surface area (TPSA) is 63.5 Å². The fraction of sp³-hybridized carbons (Fsp3) is 0.533. The zero-order valence-electron chi connectivity index (χ0n) is 11.5. The fourth-order valence-electron chi connectivity index (χ4n) is 2.85. The highest BCUT2D eigenvalue weighted by Gasteiger charge is 2.36. The Hall–Kier alpha value is -1.93. The van der Waals surface area contributed by atoms with Crippen molar-refractivity contribution in [2.24, 2.45) is 0 Å². The summed E-state index contributed by atoms with van der Waals surface area (Å²) >= 11 is 0. The van der Waals surface area contributed by atoms with Crippen molar-refractivity contribution in [1.82, 2.24) is 5.32 Å². The van der Waals surface area contributed by atoms with Crippen LogP contribution in [0.4, 0.5) is 0 Å². The normalized spacial score (nSPS) is 27.9. The van der Waals surface area contributed by atoms with Crippen LogP contribution in [0.1, 0.15) is 25.7 Å². The molecular weight excluding hydrogens is 256 g/mol. The lowest BCUT2D eigenvalue weighted by molar-refractivity contribution is 0.115. The third-order valence-corrected chi connectivity index (χ3v) is 4.05. The van der Waals surface area contributed by atoms with Gasteiger partial charge in [-0.05, 0) is 38.4 Å². The van der Waals surface area contributed by atoms with E-state index >= 15 is 0 Å². The summed E-state index contributed by atoms with van der Waals surface area (Å²) in [6.07, 6.45) is 3.59. The Kier molecular flexibility index (Phi) is 3.41. The predicted octanol–water partition coefficient (Wildman–Crippen LogP) is 2.22. The van der Waals surface area contributed by atoms with E-state index in [2.05, 4.69) is 11.4 Å². The summed E-state index contributed by atoms with van der Waals surface area (Å²) in [4.78, 5) is 0. The minimum Gasteiger partial charge on any atom is -0.490 e. The van der Waals surface area contributed by atoms with E-state index in [0.29, 0.717) is 6.42 Å². The second-order valence-electron chi connectivity index (χ2n) is 5.30. The SMILES string of the molecule is CNC1(C#N)CCCC(Oc2ccc3c(c2)OCO3)C1. The maximum absolute atomic E-state index is 9.35. The van der Waals surface area contributed by atoms with Gasteiger partial charge < -0.3 is 19.5 Å². The summed E-state index contributed by atoms with van der Waals surface area (Å²) in [5.74, 6) is 2.24. The first-order valence-corrected chi connectivity index (χ1v) is 6.91. The number of hydrogen-bond donors (Lipinski definition) is 1. The van der Waals surface area contributed by atoms with Gasteiger partial charge in [-0.15, -0.1) is 0 Å². The predicted molar refractivity (Wildman–Crippen MR) is 72.9 cm³/mol. The van der Waals surface area contributed by atoms with Gasteiger partial charge in [0.1, 0.15) is 17.4 Å². The van der Waals surface area contributed by atoms with E-state index in [1.165, 1.54) is 0 Å². The second-order valence-corrected chi connectivity index (χ2v) is 5.30. The van der Waals surface area contributed by atoms with Crippen LogP contribution >= 0.6 is 0 Å². The number of benzene rings is 1. The molecular formula is C15H18N2O3. The molecule has 2 atom stereocenters. The van der Waals surface area contributed by atoms with Gasteiger partial charge in [-0.1, -0.05) is 0 Å². The van der Waals surface area contributed by atoms with Gasteiger partial charge in [0.25, 0.3) is 0 Å². The molecule has 0 bridgehead atoms. The van der Waals surface area contributed by atoms with Crippen LogP contribution < -0.4 is 19.5 Å². The van der Waals surface area contributed by atoms with Crippen LogP contribution in [0.25, 0.3) is 0 Å². The van der Waals surface area contributed by atoms with Gasteiger partial charge >= 0.3 is 0 Å². The molecule has 20 heavy (non-hydrogen) atoms. The summed E-state index contributed by atoms with van der Waals surface area (Å²) in [6, 6.07) is 7.98. The molecule has 1 N–H and O–H groups in total. The Morgan fingerprint density at radius 2 is 2.25 bits per heavy atom. The average Bonchev–Trinajstić information content (AvgIpc) is 2.95. The summed E-state index contributed by atoms with van der Waals surface area (Å²) in [5, 5.41) is 12.5. The van der Waals surface area contributed by atoms with Crippen molar-refractivity contribution >= 4 is 0 Å². The maximum atomic E-state index is 9.35. The van der Waals surface area contributed by atoms with Crippen molar-refractivity contribution in [3.63, 3.8) is 0 Å². The molecule has 0 amide bonds. The third kappa shape index (κ3) is 2.39. The maximum Gasteiger partial charge on any atom is 0.231 e. The zero-order chi connectivity index (χ0) is 14.0. The summed E-state index contributed by atoms with van der Waals surface area (Å²) < 4.78 is 16.6. The van der Waals surface area contributed by atoms with Crippen molar-refractivity contribution in [2.75, 3.05) is 13.8 Å². The number of nitriles is 1. The first kappa shape index (κ1) is 13.1. The molecule has 2 aliphatic rings. The van der Waals surface area contributed by atoms with Crippen molar-refractivity contribution in [1.29, 1.82) is 5.26 Å². The van der Waals surface area contributed by atoms with Crippen molar-refractivity contribution in [3.05, 3.63) is 18.2 Å². The summed E-state index contributed by atoms with van der Waals surface area (Å²) in [5.41, 5.74) is -0.459. The minimum atomic E-state index is -0.459. The molecule has 1 aromatic rings. The Morgan fingerprint density at radius 3 is 3.05 bits per heavy atom. The van der Waals surface area contributed by atoms with Crippen molar-refractivity contribution in [2.45, 2.75) is 37.3 Å². The number of hydrogen-bond acceptors (Lipinski definition) is 5. The smallest absolute Gasteiger partial charge is 0.231 e. The monoisotopic (exact) mass is 274 g/mol. The molecule has 1 heterocycles. The lowest BCUT2D eigenvalue weighted by Gasteiger charge is -2.35. The Morgan fingerprint density at radius 1 is 1.40 bits per heavy atom. The molecule has 0 saturated heterocycles. The van der Waals surface area contributed by atoms with E-state index in [1.54, 1.807) is 0 Å². The van der Waals surface area contributed by atoms with Gasteiger partial charge in [-0.25, -0.2) is 0 Å². The highest BCUT2D eigenvalue weighted by atomic mass is 16.7. The molecule has 1 aliphatic heterocycles. The van der Waals surface area contributed by atoms with Gasteiger partial charge in [0.05, 0.1) is 6.07 Å². The molecule has 2 unspecified atom stereocenters. The first-order chi connectivity index (χ1) is 9.74. The lowest BCUT2D eigenvalue weighted by atomic mass is 9.81. The van der Waals surface area contributed by atoms with Crippen molar-refractivity contribution < 1.29 is 14.2 Å². The minimum absolute atomic E-state index is 0.0521. The van der Waals surface area contributed by atoms with Gasteiger partial charge in [-0.3, -0.25) is 0 Å². The summed E-state index contributed by atoms with van der Waals surface area (Å²) in [6.45, 7) is 0.263. The van der Waals surface area contributed by atoms with E-state index in [1.807, 2.05) is 25.2 Å². The molecule has 1 aliphatic carbocycles. The molecule has 0 aromatic heterocycles.